The van der Waals surface area contributed by atoms with E-state index in [4.69, 9.17) is 19.4 Å². The van der Waals surface area contributed by atoms with Crippen LogP contribution in [0.25, 0.3) is 21.6 Å². The van der Waals surface area contributed by atoms with Crippen molar-refractivity contribution in [2.24, 2.45) is 5.92 Å². The van der Waals surface area contributed by atoms with Crippen LogP contribution in [0.15, 0.2) is 53.9 Å². The summed E-state index contributed by atoms with van der Waals surface area (Å²) >= 11 is 1.47. The zero-order chi connectivity index (χ0) is 38.3. The van der Waals surface area contributed by atoms with Gasteiger partial charge in [-0.3, -0.25) is 19.1 Å². The number of amides is 4. The van der Waals surface area contributed by atoms with Crippen molar-refractivity contribution in [2.75, 3.05) is 6.54 Å². The molecule has 3 N–H and O–H groups in total. The fourth-order valence-electron chi connectivity index (χ4n) is 7.09. The smallest absolute Gasteiger partial charge is 0.408 e. The number of rotatable bonds is 7. The summed E-state index contributed by atoms with van der Waals surface area (Å²) in [5.41, 5.74) is -0.504. The van der Waals surface area contributed by atoms with E-state index in [1.807, 2.05) is 53.9 Å². The predicted molar refractivity (Wildman–Crippen MR) is 202 cm³/mol. The van der Waals surface area contributed by atoms with Gasteiger partial charge >= 0.3 is 6.09 Å². The molecule has 1 aromatic carbocycles. The number of nitrogens with zero attached hydrogens (tertiary/aromatic N) is 3. The van der Waals surface area contributed by atoms with E-state index in [1.54, 1.807) is 20.8 Å². The maximum absolute atomic E-state index is 14.5. The Labute approximate surface area is 318 Å². The van der Waals surface area contributed by atoms with Gasteiger partial charge in [-0.05, 0) is 82.9 Å². The number of allylic oxidation sites excluding steroid dienone is 1. The quantitative estimate of drug-likeness (QED) is 0.286. The number of para-hydroxylation sites is 2. The van der Waals surface area contributed by atoms with Crippen molar-refractivity contribution in [2.45, 2.75) is 113 Å². The Morgan fingerprint density at radius 3 is 2.48 bits per heavy atom. The molecule has 2 saturated carbocycles. The maximum Gasteiger partial charge on any atom is 0.408 e. The third-order valence-electron chi connectivity index (χ3n) is 10.1. The second kappa shape index (κ2) is 14.9. The molecule has 2 aliphatic carbocycles. The van der Waals surface area contributed by atoms with Crippen LogP contribution in [-0.2, 0) is 29.1 Å². The summed E-state index contributed by atoms with van der Waals surface area (Å²) in [6.45, 7) is 5.16. The Hall–Kier alpha value is -4.57. The number of ether oxygens (including phenoxy) is 2. The van der Waals surface area contributed by atoms with E-state index in [-0.39, 0.29) is 25.3 Å². The number of carbonyl (C=O) groups excluding carboxylic acids is 4. The highest BCUT2D eigenvalue weighted by molar-refractivity contribution is 7.91. The molecule has 2 aromatic heterocycles. The molecule has 4 aliphatic rings. The normalized spacial score (nSPS) is 27.1. The highest BCUT2D eigenvalue weighted by Crippen LogP contribution is 2.46. The number of thiophene rings is 1. The predicted octanol–water partition coefficient (Wildman–Crippen LogP) is 4.60. The highest BCUT2D eigenvalue weighted by Gasteiger charge is 2.62. The summed E-state index contributed by atoms with van der Waals surface area (Å²) in [4.78, 5) is 67.6. The third kappa shape index (κ3) is 8.38. The van der Waals surface area contributed by atoms with Crippen molar-refractivity contribution in [1.82, 2.24) is 30.2 Å². The Bertz CT molecular complexity index is 2060. The maximum atomic E-state index is 14.5. The van der Waals surface area contributed by atoms with Gasteiger partial charge in [0.1, 0.15) is 35.0 Å². The van der Waals surface area contributed by atoms with Gasteiger partial charge in [0.2, 0.25) is 27.7 Å². The van der Waals surface area contributed by atoms with Crippen molar-refractivity contribution in [3.63, 3.8) is 0 Å². The Balaban J connectivity index is 1.21. The lowest BCUT2D eigenvalue weighted by molar-refractivity contribution is -0.141. The standard InChI is InChI=1S/C38H46N6O8S2/c1-37(2,3)52-36(48)41-28-15-8-6-4-5-7-12-23-21-38(23,35(47)43-54(49,50)25-17-18-25)42-32(45)29-20-24(22-44(29)34(28)46)51-33-31(30-16-11-19-53-30)39-26-13-9-10-14-27(26)40-33/h7,9-14,16,19,23-25,28-29H,4-6,8,15,17-18,20-22H2,1-3H3,(H,41,48)(H,42,45)(H,43,47)/b12-7+/t23?,24-,28-,29+,38-/m1/s1. The molecule has 7 rings (SSSR count). The molecule has 16 heteroatoms. The van der Waals surface area contributed by atoms with Crippen LogP contribution >= 0.6 is 11.3 Å². The van der Waals surface area contributed by atoms with Crippen LogP contribution in [0.3, 0.4) is 0 Å². The van der Waals surface area contributed by atoms with Crippen LogP contribution in [0.2, 0.25) is 0 Å². The molecule has 0 radical (unpaired) electrons. The number of aromatic nitrogens is 2. The van der Waals surface area contributed by atoms with Crippen molar-refractivity contribution in [3.05, 3.63) is 53.9 Å². The van der Waals surface area contributed by atoms with Crippen molar-refractivity contribution < 1.29 is 37.1 Å². The van der Waals surface area contributed by atoms with E-state index in [0.29, 0.717) is 48.8 Å². The first-order valence-electron chi connectivity index (χ1n) is 18.5. The lowest BCUT2D eigenvalue weighted by Crippen LogP contribution is -2.58. The van der Waals surface area contributed by atoms with E-state index in [9.17, 15) is 27.6 Å². The van der Waals surface area contributed by atoms with E-state index < -0.39 is 74.3 Å². The van der Waals surface area contributed by atoms with Crippen LogP contribution in [0.1, 0.15) is 78.6 Å². The van der Waals surface area contributed by atoms with Crippen LogP contribution in [0.5, 0.6) is 5.88 Å². The summed E-state index contributed by atoms with van der Waals surface area (Å²) in [6, 6.07) is 9.08. The number of sulfonamides is 1. The fraction of sp³-hybridized carbons (Fsp3) is 0.526. The fourth-order valence-corrected chi connectivity index (χ4v) is 9.16. The number of nitrogens with one attached hydrogen (secondary N) is 3. The average Bonchev–Trinajstić information content (AvgIpc) is 3.97. The molecule has 3 fully saturated rings. The van der Waals surface area contributed by atoms with Crippen LogP contribution in [0, 0.1) is 5.92 Å². The van der Waals surface area contributed by atoms with Crippen LogP contribution in [-0.4, -0.2) is 88.2 Å². The molecule has 1 unspecified atom stereocenters. The average molecular weight is 779 g/mol. The largest absolute Gasteiger partial charge is 0.471 e. The van der Waals surface area contributed by atoms with Gasteiger partial charge in [0.15, 0.2) is 0 Å². The molecule has 5 atom stereocenters. The molecule has 4 amide bonds. The van der Waals surface area contributed by atoms with Gasteiger partial charge in [-0.25, -0.2) is 23.2 Å². The number of carbonyl (C=O) groups is 4. The Morgan fingerprint density at radius 2 is 1.78 bits per heavy atom. The Kier molecular flexibility index (Phi) is 10.4. The summed E-state index contributed by atoms with van der Waals surface area (Å²) in [5.74, 6) is -2.10. The molecule has 0 bridgehead atoms. The number of fused-ring (bicyclic) bond motifs is 3. The molecule has 288 valence electrons. The minimum Gasteiger partial charge on any atom is -0.471 e. The molecular formula is C38H46N6O8S2. The van der Waals surface area contributed by atoms with Gasteiger partial charge in [0, 0.05) is 12.3 Å². The van der Waals surface area contributed by atoms with Crippen molar-refractivity contribution >= 4 is 56.2 Å². The number of hydrogen-bond acceptors (Lipinski definition) is 11. The summed E-state index contributed by atoms with van der Waals surface area (Å²) in [6.07, 6.45) is 6.70. The number of alkyl carbamates (subject to hydrolysis) is 1. The second-order valence-corrected chi connectivity index (χ2v) is 18.4. The van der Waals surface area contributed by atoms with Gasteiger partial charge < -0.3 is 25.0 Å². The lowest BCUT2D eigenvalue weighted by atomic mass is 10.0. The molecule has 3 aromatic rings. The molecule has 0 spiro atoms. The van der Waals surface area contributed by atoms with Gasteiger partial charge in [0.25, 0.3) is 5.91 Å². The van der Waals surface area contributed by atoms with E-state index >= 15 is 0 Å². The van der Waals surface area contributed by atoms with E-state index in [1.165, 1.54) is 16.2 Å². The minimum atomic E-state index is -3.89. The molecular weight excluding hydrogens is 733 g/mol. The number of benzene rings is 1. The first kappa shape index (κ1) is 37.7. The second-order valence-electron chi connectivity index (χ2n) is 15.5. The van der Waals surface area contributed by atoms with E-state index in [2.05, 4.69) is 15.4 Å². The summed E-state index contributed by atoms with van der Waals surface area (Å²) in [5, 5.41) is 6.93. The zero-order valence-electron chi connectivity index (χ0n) is 30.6. The van der Waals surface area contributed by atoms with Crippen LogP contribution < -0.4 is 20.1 Å². The van der Waals surface area contributed by atoms with Crippen molar-refractivity contribution in [1.29, 1.82) is 0 Å². The third-order valence-corrected chi connectivity index (χ3v) is 12.8. The van der Waals surface area contributed by atoms with Gasteiger partial charge in [0.05, 0.1) is 27.7 Å². The molecule has 14 nitrogen and oxygen atoms in total. The van der Waals surface area contributed by atoms with Crippen LogP contribution in [0.4, 0.5) is 4.79 Å². The zero-order valence-corrected chi connectivity index (χ0v) is 32.2. The molecule has 4 heterocycles. The summed E-state index contributed by atoms with van der Waals surface area (Å²) < 4.78 is 40.0. The monoisotopic (exact) mass is 778 g/mol. The first-order chi connectivity index (χ1) is 25.7. The molecule has 54 heavy (non-hydrogen) atoms. The van der Waals surface area contributed by atoms with Crippen molar-refractivity contribution in [3.8, 4) is 16.5 Å². The van der Waals surface area contributed by atoms with Gasteiger partial charge in [-0.15, -0.1) is 11.3 Å². The lowest BCUT2D eigenvalue weighted by Gasteiger charge is -2.30. The summed E-state index contributed by atoms with van der Waals surface area (Å²) in [7, 11) is -3.89. The molecule has 1 saturated heterocycles. The highest BCUT2D eigenvalue weighted by atomic mass is 32.2. The Morgan fingerprint density at radius 1 is 1.02 bits per heavy atom. The SMILES string of the molecule is CC(C)(C)OC(=O)N[C@@H]1CCCCC/C=C/C2C[C@@]2(C(=O)NS(=O)(=O)C2CC2)NC(=O)[C@@H]2C[C@@H](Oc3nc4ccccc4nc3-c3cccs3)CN2C1=O. The molecule has 2 aliphatic heterocycles. The van der Waals surface area contributed by atoms with Gasteiger partial charge in [-0.1, -0.05) is 43.2 Å². The topological polar surface area (TPSA) is 186 Å². The number of hydrogen-bond donors (Lipinski definition) is 3. The first-order valence-corrected chi connectivity index (χ1v) is 21.0. The van der Waals surface area contributed by atoms with Gasteiger partial charge in [-0.2, -0.15) is 0 Å². The minimum absolute atomic E-state index is 0.0274. The van der Waals surface area contributed by atoms with E-state index in [0.717, 1.165) is 17.7 Å².